The van der Waals surface area contributed by atoms with Crippen molar-refractivity contribution in [3.05, 3.63) is 24.5 Å². The summed E-state index contributed by atoms with van der Waals surface area (Å²) in [7, 11) is 0. The third-order valence-corrected chi connectivity index (χ3v) is 4.48. The van der Waals surface area contributed by atoms with Crippen molar-refractivity contribution in [1.29, 1.82) is 0 Å². The van der Waals surface area contributed by atoms with Crippen LogP contribution in [-0.2, 0) is 4.74 Å². The van der Waals surface area contributed by atoms with Gasteiger partial charge in [-0.3, -0.25) is 4.90 Å². The van der Waals surface area contributed by atoms with Gasteiger partial charge in [0.05, 0.1) is 6.61 Å². The lowest BCUT2D eigenvalue weighted by atomic mass is 10.1. The Balaban J connectivity index is 1.37. The van der Waals surface area contributed by atoms with Crippen LogP contribution in [0.2, 0.25) is 0 Å². The molecule has 2 aromatic rings. The number of rotatable bonds is 3. The summed E-state index contributed by atoms with van der Waals surface area (Å²) < 4.78 is 7.31. The molecule has 6 nitrogen and oxygen atoms in total. The van der Waals surface area contributed by atoms with Gasteiger partial charge in [0.15, 0.2) is 5.65 Å². The molecule has 2 aliphatic rings. The second kappa shape index (κ2) is 5.61. The van der Waals surface area contributed by atoms with Crippen molar-refractivity contribution in [1.82, 2.24) is 19.5 Å². The molecule has 0 aliphatic carbocycles. The van der Waals surface area contributed by atoms with Gasteiger partial charge in [0.2, 0.25) is 0 Å². The molecule has 0 amide bonds. The number of anilines is 1. The van der Waals surface area contributed by atoms with E-state index in [-0.39, 0.29) is 0 Å². The van der Waals surface area contributed by atoms with Gasteiger partial charge in [-0.25, -0.2) is 9.50 Å². The van der Waals surface area contributed by atoms with Crippen LogP contribution in [0.5, 0.6) is 0 Å². The summed E-state index contributed by atoms with van der Waals surface area (Å²) in [6.45, 7) is 7.38. The number of piperazine rings is 1. The van der Waals surface area contributed by atoms with Gasteiger partial charge in [-0.05, 0) is 24.5 Å². The molecule has 6 heteroatoms. The van der Waals surface area contributed by atoms with Crippen molar-refractivity contribution in [3.63, 3.8) is 0 Å². The van der Waals surface area contributed by atoms with Gasteiger partial charge in [0.1, 0.15) is 5.82 Å². The molecule has 0 N–H and O–H groups in total. The zero-order valence-electron chi connectivity index (χ0n) is 12.2. The minimum Gasteiger partial charge on any atom is -0.381 e. The third-order valence-electron chi connectivity index (χ3n) is 4.48. The van der Waals surface area contributed by atoms with E-state index in [2.05, 4.69) is 25.9 Å². The zero-order chi connectivity index (χ0) is 14.1. The smallest absolute Gasteiger partial charge is 0.153 e. The highest BCUT2D eigenvalue weighted by Gasteiger charge is 2.23. The average Bonchev–Trinajstić information content (AvgIpc) is 3.18. The first-order valence-corrected chi connectivity index (χ1v) is 7.74. The molecule has 0 spiro atoms. The van der Waals surface area contributed by atoms with E-state index in [1.807, 2.05) is 16.8 Å². The monoisotopic (exact) mass is 287 g/mol. The van der Waals surface area contributed by atoms with E-state index in [9.17, 15) is 0 Å². The molecule has 2 fully saturated rings. The van der Waals surface area contributed by atoms with Crippen LogP contribution in [-0.4, -0.2) is 65.4 Å². The fourth-order valence-corrected chi connectivity index (χ4v) is 3.23. The van der Waals surface area contributed by atoms with E-state index >= 15 is 0 Å². The Labute approximate surface area is 124 Å². The van der Waals surface area contributed by atoms with Gasteiger partial charge < -0.3 is 9.64 Å². The van der Waals surface area contributed by atoms with Crippen molar-refractivity contribution in [2.45, 2.75) is 6.42 Å². The van der Waals surface area contributed by atoms with Crippen molar-refractivity contribution in [2.75, 3.05) is 50.8 Å². The van der Waals surface area contributed by atoms with Crippen LogP contribution in [0.3, 0.4) is 0 Å². The van der Waals surface area contributed by atoms with Gasteiger partial charge in [-0.1, -0.05) is 0 Å². The van der Waals surface area contributed by atoms with E-state index in [0.29, 0.717) is 0 Å². The normalized spacial score (nSPS) is 24.0. The van der Waals surface area contributed by atoms with Crippen molar-refractivity contribution >= 4 is 11.5 Å². The number of hydrogen-bond donors (Lipinski definition) is 0. The molecule has 2 saturated heterocycles. The molecule has 112 valence electrons. The van der Waals surface area contributed by atoms with Crippen molar-refractivity contribution in [2.24, 2.45) is 5.92 Å². The van der Waals surface area contributed by atoms with Crippen LogP contribution in [0, 0.1) is 5.92 Å². The van der Waals surface area contributed by atoms with Crippen molar-refractivity contribution < 1.29 is 4.74 Å². The molecule has 2 aromatic heterocycles. The highest BCUT2D eigenvalue weighted by atomic mass is 16.5. The zero-order valence-corrected chi connectivity index (χ0v) is 12.2. The van der Waals surface area contributed by atoms with Crippen LogP contribution < -0.4 is 4.90 Å². The van der Waals surface area contributed by atoms with Crippen LogP contribution in [0.4, 0.5) is 5.82 Å². The minimum absolute atomic E-state index is 0.733. The second-order valence-corrected chi connectivity index (χ2v) is 5.94. The molecule has 0 aromatic carbocycles. The molecular weight excluding hydrogens is 266 g/mol. The van der Waals surface area contributed by atoms with E-state index in [1.54, 1.807) is 6.20 Å². The summed E-state index contributed by atoms with van der Waals surface area (Å²) >= 11 is 0. The van der Waals surface area contributed by atoms with Crippen LogP contribution in [0.15, 0.2) is 24.5 Å². The van der Waals surface area contributed by atoms with E-state index < -0.39 is 0 Å². The van der Waals surface area contributed by atoms with Crippen LogP contribution in [0.1, 0.15) is 6.42 Å². The standard InChI is InChI=1S/C15H21N5O/c1-2-15(17-20-5-4-16-14(1)20)19-8-6-18(7-9-19)11-13-3-10-21-12-13/h1-2,4-5,13H,3,6-12H2/t13-/m1/s1. The lowest BCUT2D eigenvalue weighted by molar-refractivity contribution is 0.164. The third kappa shape index (κ3) is 2.73. The molecule has 0 saturated carbocycles. The summed E-state index contributed by atoms with van der Waals surface area (Å²) in [5.41, 5.74) is 0.901. The van der Waals surface area contributed by atoms with Crippen LogP contribution in [0.25, 0.3) is 5.65 Å². The molecule has 2 aliphatic heterocycles. The maximum atomic E-state index is 5.47. The Kier molecular flexibility index (Phi) is 3.48. The van der Waals surface area contributed by atoms with Gasteiger partial charge in [0.25, 0.3) is 0 Å². The molecule has 4 rings (SSSR count). The first-order valence-electron chi connectivity index (χ1n) is 7.74. The Morgan fingerprint density at radius 2 is 2.10 bits per heavy atom. The summed E-state index contributed by atoms with van der Waals surface area (Å²) in [6.07, 6.45) is 4.90. The van der Waals surface area contributed by atoms with Crippen molar-refractivity contribution in [3.8, 4) is 0 Å². The Morgan fingerprint density at radius 3 is 2.90 bits per heavy atom. The van der Waals surface area contributed by atoms with E-state index in [4.69, 9.17) is 4.74 Å². The summed E-state index contributed by atoms with van der Waals surface area (Å²) in [5, 5.41) is 4.63. The largest absolute Gasteiger partial charge is 0.381 e. The number of fused-ring (bicyclic) bond motifs is 1. The fraction of sp³-hybridized carbons (Fsp3) is 0.600. The molecule has 0 radical (unpaired) electrons. The number of ether oxygens (including phenoxy) is 1. The second-order valence-electron chi connectivity index (χ2n) is 5.94. The van der Waals surface area contributed by atoms with Gasteiger partial charge in [0, 0.05) is 51.7 Å². The minimum atomic E-state index is 0.733. The molecule has 0 bridgehead atoms. The first-order chi connectivity index (χ1) is 10.4. The Hall–Kier alpha value is -1.66. The fourth-order valence-electron chi connectivity index (χ4n) is 3.23. The number of imidazole rings is 1. The maximum Gasteiger partial charge on any atom is 0.153 e. The summed E-state index contributed by atoms with van der Waals surface area (Å²) in [5.74, 6) is 1.78. The lowest BCUT2D eigenvalue weighted by Gasteiger charge is -2.36. The summed E-state index contributed by atoms with van der Waals surface area (Å²) in [6, 6.07) is 4.10. The average molecular weight is 287 g/mol. The summed E-state index contributed by atoms with van der Waals surface area (Å²) in [4.78, 5) is 9.16. The number of aromatic nitrogens is 3. The first kappa shape index (κ1) is 13.0. The molecule has 0 unspecified atom stereocenters. The quantitative estimate of drug-likeness (QED) is 0.839. The SMILES string of the molecule is c1cn2nc(N3CCN(C[C@H]4CCOC4)CC3)ccc2n1. The van der Waals surface area contributed by atoms with E-state index in [1.165, 1.54) is 13.0 Å². The van der Waals surface area contributed by atoms with Crippen LogP contribution >= 0.6 is 0 Å². The predicted octanol–water partition coefficient (Wildman–Crippen LogP) is 0.888. The Morgan fingerprint density at radius 1 is 1.19 bits per heavy atom. The van der Waals surface area contributed by atoms with Gasteiger partial charge in [-0.2, -0.15) is 0 Å². The maximum absolute atomic E-state index is 5.47. The van der Waals surface area contributed by atoms with Gasteiger partial charge in [-0.15, -0.1) is 5.10 Å². The molecular formula is C15H21N5O. The molecule has 1 atom stereocenters. The Bertz CT molecular complexity index is 599. The molecule has 21 heavy (non-hydrogen) atoms. The lowest BCUT2D eigenvalue weighted by Crippen LogP contribution is -2.48. The molecule has 4 heterocycles. The van der Waals surface area contributed by atoms with Gasteiger partial charge >= 0.3 is 0 Å². The van der Waals surface area contributed by atoms with E-state index in [0.717, 1.165) is 56.8 Å². The highest BCUT2D eigenvalue weighted by molar-refractivity contribution is 5.46. The number of nitrogens with zero attached hydrogens (tertiary/aromatic N) is 5. The topological polar surface area (TPSA) is 45.9 Å². The predicted molar refractivity (Wildman–Crippen MR) is 80.6 cm³/mol. The highest BCUT2D eigenvalue weighted by Crippen LogP contribution is 2.17. The number of hydrogen-bond acceptors (Lipinski definition) is 5.